The first-order valence-corrected chi connectivity index (χ1v) is 6.62. The quantitative estimate of drug-likeness (QED) is 0.892. The van der Waals surface area contributed by atoms with Gasteiger partial charge in [-0.1, -0.05) is 22.0 Å². The topological polar surface area (TPSA) is 32.3 Å². The number of aryl methyl sites for hydroxylation is 1. The minimum Gasteiger partial charge on any atom is -0.395 e. The van der Waals surface area contributed by atoms with E-state index in [0.29, 0.717) is 6.04 Å². The first kappa shape index (κ1) is 12.1. The summed E-state index contributed by atoms with van der Waals surface area (Å²) in [5, 5.41) is 12.5. The Balaban J connectivity index is 2.03. The van der Waals surface area contributed by atoms with Gasteiger partial charge in [0.15, 0.2) is 0 Å². The molecule has 0 bridgehead atoms. The fraction of sp³-hybridized carbons (Fsp3) is 0.538. The summed E-state index contributed by atoms with van der Waals surface area (Å²) in [7, 11) is 0. The van der Waals surface area contributed by atoms with Gasteiger partial charge in [-0.15, -0.1) is 0 Å². The molecule has 0 saturated heterocycles. The predicted octanol–water partition coefficient (Wildman–Crippen LogP) is 2.28. The third kappa shape index (κ3) is 2.84. The average molecular weight is 284 g/mol. The van der Waals surface area contributed by atoms with Gasteiger partial charge in [0.1, 0.15) is 0 Å². The van der Waals surface area contributed by atoms with Crippen LogP contribution < -0.4 is 5.32 Å². The van der Waals surface area contributed by atoms with Gasteiger partial charge in [0.25, 0.3) is 0 Å². The number of aliphatic hydroxyl groups is 1. The summed E-state index contributed by atoms with van der Waals surface area (Å²) >= 11 is 3.51. The van der Waals surface area contributed by atoms with E-state index in [2.05, 4.69) is 39.4 Å². The number of nitrogens with one attached hydrogen (secondary N) is 1. The second-order valence-corrected chi connectivity index (χ2v) is 5.52. The maximum absolute atomic E-state index is 9.03. The van der Waals surface area contributed by atoms with Gasteiger partial charge in [0.2, 0.25) is 0 Å². The van der Waals surface area contributed by atoms with Crippen LogP contribution in [0.3, 0.4) is 0 Å². The van der Waals surface area contributed by atoms with Crippen LogP contribution in [0, 0.1) is 0 Å². The molecule has 2 N–H and O–H groups in total. The molecule has 88 valence electrons. The van der Waals surface area contributed by atoms with E-state index in [1.165, 1.54) is 15.6 Å². The highest BCUT2D eigenvalue weighted by Gasteiger charge is 2.19. The molecule has 1 aromatic rings. The Morgan fingerprint density at radius 1 is 1.50 bits per heavy atom. The molecule has 0 heterocycles. The van der Waals surface area contributed by atoms with Gasteiger partial charge in [0.05, 0.1) is 6.61 Å². The Bertz CT molecular complexity index is 367. The maximum atomic E-state index is 9.03. The number of hydrogen-bond donors (Lipinski definition) is 2. The molecule has 2 atom stereocenters. The van der Waals surface area contributed by atoms with Gasteiger partial charge in [-0.05, 0) is 49.4 Å². The molecule has 1 aliphatic rings. The summed E-state index contributed by atoms with van der Waals surface area (Å²) in [5.74, 6) is 0. The van der Waals surface area contributed by atoms with Gasteiger partial charge in [-0.3, -0.25) is 0 Å². The summed E-state index contributed by atoms with van der Waals surface area (Å²) in [6.45, 7) is 2.24. The lowest BCUT2D eigenvalue weighted by molar-refractivity contribution is 0.236. The normalized spacial score (nSPS) is 21.6. The van der Waals surface area contributed by atoms with Crippen LogP contribution in [0.5, 0.6) is 0 Å². The van der Waals surface area contributed by atoms with Crippen molar-refractivity contribution in [2.24, 2.45) is 0 Å². The van der Waals surface area contributed by atoms with Crippen molar-refractivity contribution in [2.45, 2.75) is 38.3 Å². The van der Waals surface area contributed by atoms with Crippen LogP contribution in [0.1, 0.15) is 24.5 Å². The van der Waals surface area contributed by atoms with Gasteiger partial charge < -0.3 is 10.4 Å². The monoisotopic (exact) mass is 283 g/mol. The Kier molecular flexibility index (Phi) is 4.00. The zero-order valence-electron chi connectivity index (χ0n) is 9.54. The minimum absolute atomic E-state index is 0.196. The van der Waals surface area contributed by atoms with Crippen LogP contribution >= 0.6 is 15.9 Å². The molecular formula is C13H18BrNO. The summed E-state index contributed by atoms with van der Waals surface area (Å²) in [6, 6.07) is 7.24. The summed E-state index contributed by atoms with van der Waals surface area (Å²) in [5.41, 5.74) is 2.90. The second kappa shape index (κ2) is 5.30. The molecule has 0 aromatic heterocycles. The summed E-state index contributed by atoms with van der Waals surface area (Å²) < 4.78 is 1.17. The van der Waals surface area contributed by atoms with Crippen molar-refractivity contribution in [3.05, 3.63) is 33.8 Å². The van der Waals surface area contributed by atoms with Crippen LogP contribution in [0.4, 0.5) is 0 Å². The molecule has 3 heteroatoms. The Labute approximate surface area is 105 Å². The molecule has 1 unspecified atom stereocenters. The third-order valence-electron chi connectivity index (χ3n) is 3.19. The molecular weight excluding hydrogens is 266 g/mol. The lowest BCUT2D eigenvalue weighted by Crippen LogP contribution is -2.41. The molecule has 2 rings (SSSR count). The number of benzene rings is 1. The van der Waals surface area contributed by atoms with Crippen molar-refractivity contribution < 1.29 is 5.11 Å². The first-order chi connectivity index (χ1) is 7.69. The molecule has 2 nitrogen and oxygen atoms in total. The maximum Gasteiger partial charge on any atom is 0.0582 e. The predicted molar refractivity (Wildman–Crippen MR) is 69.6 cm³/mol. The number of rotatable bonds is 3. The molecule has 1 aliphatic carbocycles. The largest absolute Gasteiger partial charge is 0.395 e. The fourth-order valence-electron chi connectivity index (χ4n) is 2.32. The van der Waals surface area contributed by atoms with E-state index in [0.717, 1.165) is 19.3 Å². The zero-order valence-corrected chi connectivity index (χ0v) is 11.1. The zero-order chi connectivity index (χ0) is 11.5. The van der Waals surface area contributed by atoms with E-state index in [-0.39, 0.29) is 12.6 Å². The molecule has 1 aromatic carbocycles. The Hall–Kier alpha value is -0.380. The van der Waals surface area contributed by atoms with E-state index in [9.17, 15) is 0 Å². The van der Waals surface area contributed by atoms with Crippen LogP contribution in [-0.4, -0.2) is 23.8 Å². The lowest BCUT2D eigenvalue weighted by atomic mass is 9.88. The van der Waals surface area contributed by atoms with Crippen molar-refractivity contribution in [2.75, 3.05) is 6.61 Å². The van der Waals surface area contributed by atoms with Crippen molar-refractivity contribution in [1.82, 2.24) is 5.32 Å². The fourth-order valence-corrected chi connectivity index (χ4v) is 2.73. The highest BCUT2D eigenvalue weighted by Crippen LogP contribution is 2.24. The lowest BCUT2D eigenvalue weighted by Gasteiger charge is -2.28. The molecule has 0 fully saturated rings. The Morgan fingerprint density at radius 2 is 2.31 bits per heavy atom. The minimum atomic E-state index is 0.196. The van der Waals surface area contributed by atoms with Gasteiger partial charge in [-0.2, -0.15) is 0 Å². The third-order valence-corrected chi connectivity index (χ3v) is 3.68. The Morgan fingerprint density at radius 3 is 3.06 bits per heavy atom. The molecule has 0 spiro atoms. The van der Waals surface area contributed by atoms with Crippen LogP contribution in [0.25, 0.3) is 0 Å². The average Bonchev–Trinajstić information content (AvgIpc) is 2.29. The molecule has 0 radical (unpaired) electrons. The van der Waals surface area contributed by atoms with Crippen molar-refractivity contribution in [1.29, 1.82) is 0 Å². The first-order valence-electron chi connectivity index (χ1n) is 5.83. The van der Waals surface area contributed by atoms with Crippen LogP contribution in [0.15, 0.2) is 22.7 Å². The summed E-state index contributed by atoms with van der Waals surface area (Å²) in [4.78, 5) is 0. The van der Waals surface area contributed by atoms with E-state index >= 15 is 0 Å². The molecule has 0 saturated carbocycles. The standard InChI is InChI=1S/C13H18BrNO/c1-9(8-16)15-13-5-3-10-6-12(14)4-2-11(10)7-13/h2,4,6,9,13,15-16H,3,5,7-8H2,1H3/t9-,13?/m0/s1. The second-order valence-electron chi connectivity index (χ2n) is 4.60. The van der Waals surface area contributed by atoms with E-state index in [1.54, 1.807) is 0 Å². The molecule has 0 amide bonds. The van der Waals surface area contributed by atoms with Crippen molar-refractivity contribution >= 4 is 15.9 Å². The number of fused-ring (bicyclic) bond motifs is 1. The number of halogens is 1. The smallest absolute Gasteiger partial charge is 0.0582 e. The highest BCUT2D eigenvalue weighted by molar-refractivity contribution is 9.10. The van der Waals surface area contributed by atoms with E-state index in [1.807, 2.05) is 6.92 Å². The SMILES string of the molecule is C[C@@H](CO)NC1CCc2cc(Br)ccc2C1. The van der Waals surface area contributed by atoms with Gasteiger partial charge >= 0.3 is 0 Å². The molecule has 0 aliphatic heterocycles. The van der Waals surface area contributed by atoms with E-state index in [4.69, 9.17) is 5.11 Å². The number of aliphatic hydroxyl groups excluding tert-OH is 1. The van der Waals surface area contributed by atoms with Crippen LogP contribution in [0.2, 0.25) is 0 Å². The molecule has 16 heavy (non-hydrogen) atoms. The van der Waals surface area contributed by atoms with Crippen molar-refractivity contribution in [3.63, 3.8) is 0 Å². The highest BCUT2D eigenvalue weighted by atomic mass is 79.9. The summed E-state index contributed by atoms with van der Waals surface area (Å²) in [6.07, 6.45) is 3.37. The van der Waals surface area contributed by atoms with Gasteiger partial charge in [-0.25, -0.2) is 0 Å². The number of hydrogen-bond acceptors (Lipinski definition) is 2. The van der Waals surface area contributed by atoms with Crippen LogP contribution in [-0.2, 0) is 12.8 Å². The van der Waals surface area contributed by atoms with Gasteiger partial charge in [0, 0.05) is 16.6 Å². The van der Waals surface area contributed by atoms with Crippen molar-refractivity contribution in [3.8, 4) is 0 Å². The van der Waals surface area contributed by atoms with E-state index < -0.39 is 0 Å².